The van der Waals surface area contributed by atoms with Crippen LogP contribution in [0.15, 0.2) is 40.9 Å². The summed E-state index contributed by atoms with van der Waals surface area (Å²) in [6.45, 7) is 0. The third-order valence-corrected chi connectivity index (χ3v) is 4.65. The predicted molar refractivity (Wildman–Crippen MR) is 95.4 cm³/mol. The minimum atomic E-state index is 0.673. The SMILES string of the molecule is COc1cc(-n2c(=S)[nH]c3cc(I)ccc32)ccc1Br. The lowest BCUT2D eigenvalue weighted by Gasteiger charge is -2.08. The Morgan fingerprint density at radius 3 is 2.80 bits per heavy atom. The molecule has 0 fully saturated rings. The molecule has 0 atom stereocenters. The molecule has 0 aliphatic carbocycles. The minimum Gasteiger partial charge on any atom is -0.495 e. The average Bonchev–Trinajstić information content (AvgIpc) is 2.74. The molecule has 102 valence electrons. The van der Waals surface area contributed by atoms with Crippen LogP contribution in [0.2, 0.25) is 0 Å². The highest BCUT2D eigenvalue weighted by atomic mass is 127. The van der Waals surface area contributed by atoms with E-state index in [2.05, 4.69) is 61.7 Å². The van der Waals surface area contributed by atoms with Crippen molar-refractivity contribution in [2.75, 3.05) is 7.11 Å². The number of hydrogen-bond acceptors (Lipinski definition) is 2. The number of ether oxygens (including phenoxy) is 1. The number of nitrogens with one attached hydrogen (secondary N) is 1. The fourth-order valence-corrected chi connectivity index (χ4v) is 3.34. The van der Waals surface area contributed by atoms with Crippen molar-refractivity contribution in [1.82, 2.24) is 9.55 Å². The van der Waals surface area contributed by atoms with E-state index in [1.165, 1.54) is 3.57 Å². The Labute approximate surface area is 143 Å². The van der Waals surface area contributed by atoms with E-state index in [9.17, 15) is 0 Å². The molecule has 1 heterocycles. The maximum Gasteiger partial charge on any atom is 0.182 e. The van der Waals surface area contributed by atoms with E-state index >= 15 is 0 Å². The van der Waals surface area contributed by atoms with Gasteiger partial charge in [0.1, 0.15) is 5.75 Å². The minimum absolute atomic E-state index is 0.673. The second-order valence-corrected chi connectivity index (χ2v) is 6.73. The van der Waals surface area contributed by atoms with Gasteiger partial charge in [-0.15, -0.1) is 0 Å². The quantitative estimate of drug-likeness (QED) is 0.427. The van der Waals surface area contributed by atoms with Gasteiger partial charge in [0, 0.05) is 9.64 Å². The average molecular weight is 461 g/mol. The number of aromatic nitrogens is 2. The van der Waals surface area contributed by atoms with Crippen LogP contribution in [0.1, 0.15) is 0 Å². The van der Waals surface area contributed by atoms with Gasteiger partial charge < -0.3 is 9.72 Å². The number of rotatable bonds is 2. The molecule has 0 unspecified atom stereocenters. The number of halogens is 2. The van der Waals surface area contributed by atoms with Crippen LogP contribution in [-0.4, -0.2) is 16.7 Å². The molecule has 0 bridgehead atoms. The standard InChI is InChI=1S/C14H10BrIN2OS/c1-19-13-7-9(3-4-10(13)15)18-12-5-2-8(16)6-11(12)17-14(18)20/h2-7H,1H3,(H,17,20). The van der Waals surface area contributed by atoms with Gasteiger partial charge in [-0.3, -0.25) is 4.57 Å². The van der Waals surface area contributed by atoms with Gasteiger partial charge in [0.15, 0.2) is 4.77 Å². The highest BCUT2D eigenvalue weighted by Crippen LogP contribution is 2.29. The van der Waals surface area contributed by atoms with Crippen LogP contribution in [0.4, 0.5) is 0 Å². The maximum atomic E-state index is 5.44. The molecule has 3 aromatic rings. The summed E-state index contributed by atoms with van der Waals surface area (Å²) >= 11 is 11.2. The van der Waals surface area contributed by atoms with Crippen LogP contribution < -0.4 is 4.74 Å². The van der Waals surface area contributed by atoms with Crippen molar-refractivity contribution in [3.63, 3.8) is 0 Å². The molecule has 0 amide bonds. The lowest BCUT2D eigenvalue weighted by molar-refractivity contribution is 0.412. The van der Waals surface area contributed by atoms with Crippen molar-refractivity contribution >= 4 is 61.8 Å². The summed E-state index contributed by atoms with van der Waals surface area (Å²) in [5.41, 5.74) is 3.06. The number of methoxy groups -OCH3 is 1. The van der Waals surface area contributed by atoms with Crippen LogP contribution in [-0.2, 0) is 0 Å². The smallest absolute Gasteiger partial charge is 0.182 e. The first-order chi connectivity index (χ1) is 9.60. The fourth-order valence-electron chi connectivity index (χ4n) is 2.13. The van der Waals surface area contributed by atoms with Crippen LogP contribution >= 0.6 is 50.7 Å². The van der Waals surface area contributed by atoms with Crippen molar-refractivity contribution in [2.45, 2.75) is 0 Å². The Hall–Kier alpha value is -0.860. The third-order valence-electron chi connectivity index (χ3n) is 3.04. The molecule has 20 heavy (non-hydrogen) atoms. The van der Waals surface area contributed by atoms with Gasteiger partial charge in [-0.25, -0.2) is 0 Å². The monoisotopic (exact) mass is 460 g/mol. The van der Waals surface area contributed by atoms with E-state index in [4.69, 9.17) is 17.0 Å². The van der Waals surface area contributed by atoms with Crippen LogP contribution in [0.3, 0.4) is 0 Å². The molecule has 0 saturated carbocycles. The molecule has 0 radical (unpaired) electrons. The summed E-state index contributed by atoms with van der Waals surface area (Å²) < 4.78 is 10.1. The summed E-state index contributed by atoms with van der Waals surface area (Å²) in [5.74, 6) is 0.782. The molecule has 0 aliphatic heterocycles. The van der Waals surface area contributed by atoms with Crippen molar-refractivity contribution in [2.24, 2.45) is 0 Å². The van der Waals surface area contributed by atoms with Crippen molar-refractivity contribution in [3.05, 3.63) is 49.2 Å². The largest absolute Gasteiger partial charge is 0.495 e. The predicted octanol–water partition coefficient (Wildman–Crippen LogP) is 5.06. The molecule has 0 aliphatic rings. The Kier molecular flexibility index (Phi) is 3.87. The third kappa shape index (κ3) is 2.40. The molecule has 1 N–H and O–H groups in total. The first-order valence-corrected chi connectivity index (χ1v) is 8.12. The van der Waals surface area contributed by atoms with E-state index in [1.807, 2.05) is 22.8 Å². The second kappa shape index (κ2) is 5.50. The molecule has 3 nitrogen and oxygen atoms in total. The zero-order valence-electron chi connectivity index (χ0n) is 10.5. The van der Waals surface area contributed by atoms with E-state index in [-0.39, 0.29) is 0 Å². The van der Waals surface area contributed by atoms with Gasteiger partial charge >= 0.3 is 0 Å². The van der Waals surface area contributed by atoms with Gasteiger partial charge in [0.05, 0.1) is 28.3 Å². The van der Waals surface area contributed by atoms with Crippen LogP contribution in [0.25, 0.3) is 16.7 Å². The van der Waals surface area contributed by atoms with Gasteiger partial charge in [0.25, 0.3) is 0 Å². The summed E-state index contributed by atoms with van der Waals surface area (Å²) in [7, 11) is 1.65. The first-order valence-electron chi connectivity index (χ1n) is 5.84. The number of fused-ring (bicyclic) bond motifs is 1. The zero-order valence-corrected chi connectivity index (χ0v) is 15.0. The number of hydrogen-bond donors (Lipinski definition) is 1. The normalized spacial score (nSPS) is 10.9. The molecule has 0 spiro atoms. The van der Waals surface area contributed by atoms with Crippen LogP contribution in [0, 0.1) is 8.34 Å². The zero-order chi connectivity index (χ0) is 14.3. The van der Waals surface area contributed by atoms with Crippen molar-refractivity contribution in [3.8, 4) is 11.4 Å². The Bertz CT molecular complexity index is 856. The lowest BCUT2D eigenvalue weighted by Crippen LogP contribution is -1.95. The molecule has 6 heteroatoms. The number of aromatic amines is 1. The molecular formula is C14H10BrIN2OS. The van der Waals surface area contributed by atoms with Gasteiger partial charge in [-0.2, -0.15) is 0 Å². The van der Waals surface area contributed by atoms with E-state index in [0.717, 1.165) is 26.9 Å². The Morgan fingerprint density at radius 2 is 2.05 bits per heavy atom. The number of imidazole rings is 1. The van der Waals surface area contributed by atoms with E-state index < -0.39 is 0 Å². The summed E-state index contributed by atoms with van der Waals surface area (Å²) in [5, 5.41) is 0. The molecule has 0 saturated heterocycles. The Balaban J connectivity index is 2.29. The maximum absolute atomic E-state index is 5.44. The highest BCUT2D eigenvalue weighted by Gasteiger charge is 2.09. The molecular weight excluding hydrogens is 451 g/mol. The lowest BCUT2D eigenvalue weighted by atomic mass is 10.2. The number of benzene rings is 2. The van der Waals surface area contributed by atoms with Gasteiger partial charge in [0.2, 0.25) is 0 Å². The summed E-state index contributed by atoms with van der Waals surface area (Å²) in [4.78, 5) is 3.24. The van der Waals surface area contributed by atoms with E-state index in [0.29, 0.717) is 4.77 Å². The fraction of sp³-hybridized carbons (Fsp3) is 0.0714. The van der Waals surface area contributed by atoms with Gasteiger partial charge in [-0.05, 0) is 81.1 Å². The second-order valence-electron chi connectivity index (χ2n) is 4.25. The molecule has 3 rings (SSSR count). The van der Waals surface area contributed by atoms with Gasteiger partial charge in [-0.1, -0.05) is 0 Å². The molecule has 1 aromatic heterocycles. The topological polar surface area (TPSA) is 29.9 Å². The van der Waals surface area contributed by atoms with Crippen LogP contribution in [0.5, 0.6) is 5.75 Å². The Morgan fingerprint density at radius 1 is 1.25 bits per heavy atom. The summed E-state index contributed by atoms with van der Waals surface area (Å²) in [6.07, 6.45) is 0. The van der Waals surface area contributed by atoms with Crippen molar-refractivity contribution < 1.29 is 4.74 Å². The summed E-state index contributed by atoms with van der Waals surface area (Å²) in [6, 6.07) is 12.1. The molecule has 2 aromatic carbocycles. The first kappa shape index (κ1) is 14.1. The highest BCUT2D eigenvalue weighted by molar-refractivity contribution is 14.1. The number of H-pyrrole nitrogens is 1. The van der Waals surface area contributed by atoms with Crippen molar-refractivity contribution in [1.29, 1.82) is 0 Å². The number of nitrogens with zero attached hydrogens (tertiary/aromatic N) is 1. The van der Waals surface area contributed by atoms with E-state index in [1.54, 1.807) is 7.11 Å².